The van der Waals surface area contributed by atoms with Crippen LogP contribution in [0.5, 0.6) is 0 Å². The fourth-order valence-electron chi connectivity index (χ4n) is 2.14. The number of carboxylic acids is 1. The smallest absolute Gasteiger partial charge is 0.315 e. The summed E-state index contributed by atoms with van der Waals surface area (Å²) in [6.45, 7) is 1.96. The first-order chi connectivity index (χ1) is 7.54. The molecule has 1 heterocycles. The molecule has 0 amide bonds. The molecule has 0 radical (unpaired) electrons. The Morgan fingerprint density at radius 3 is 2.75 bits per heavy atom. The van der Waals surface area contributed by atoms with Gasteiger partial charge in [-0.1, -0.05) is 22.4 Å². The lowest BCUT2D eigenvalue weighted by Gasteiger charge is -2.37. The summed E-state index contributed by atoms with van der Waals surface area (Å²) in [5.74, 6) is -0.743. The molecule has 1 fully saturated rings. The summed E-state index contributed by atoms with van der Waals surface area (Å²) in [6, 6.07) is 0.0243. The van der Waals surface area contributed by atoms with Crippen LogP contribution in [0.2, 0.25) is 0 Å². The van der Waals surface area contributed by atoms with Gasteiger partial charge >= 0.3 is 5.97 Å². The SMILES string of the molecule is CC1C=C(Br)C=CC(C2(C(=O)O)CCC2)=N1. The molecule has 2 aliphatic rings. The van der Waals surface area contributed by atoms with E-state index < -0.39 is 11.4 Å². The van der Waals surface area contributed by atoms with Gasteiger partial charge in [-0.05, 0) is 38.0 Å². The third-order valence-corrected chi connectivity index (χ3v) is 3.78. The van der Waals surface area contributed by atoms with E-state index in [2.05, 4.69) is 20.9 Å². The molecular formula is C12H14BrNO2. The van der Waals surface area contributed by atoms with Gasteiger partial charge in [-0.2, -0.15) is 0 Å². The van der Waals surface area contributed by atoms with E-state index in [9.17, 15) is 9.90 Å². The molecule has 1 aliphatic heterocycles. The van der Waals surface area contributed by atoms with Gasteiger partial charge in [-0.3, -0.25) is 9.79 Å². The van der Waals surface area contributed by atoms with E-state index in [-0.39, 0.29) is 6.04 Å². The van der Waals surface area contributed by atoms with Crippen LogP contribution in [0.25, 0.3) is 0 Å². The second kappa shape index (κ2) is 4.17. The van der Waals surface area contributed by atoms with E-state index in [1.807, 2.05) is 25.2 Å². The van der Waals surface area contributed by atoms with Crippen LogP contribution in [0, 0.1) is 5.41 Å². The van der Waals surface area contributed by atoms with Crippen LogP contribution in [0.15, 0.2) is 27.7 Å². The molecule has 0 spiro atoms. The van der Waals surface area contributed by atoms with E-state index in [4.69, 9.17) is 0 Å². The Morgan fingerprint density at radius 1 is 1.56 bits per heavy atom. The minimum absolute atomic E-state index is 0.0243. The van der Waals surface area contributed by atoms with Crippen LogP contribution >= 0.6 is 15.9 Å². The maximum Gasteiger partial charge on any atom is 0.315 e. The summed E-state index contributed by atoms with van der Waals surface area (Å²) in [4.78, 5) is 15.8. The molecule has 0 aromatic rings. The van der Waals surface area contributed by atoms with E-state index in [0.29, 0.717) is 18.6 Å². The van der Waals surface area contributed by atoms with Gasteiger partial charge in [0, 0.05) is 4.48 Å². The number of nitrogens with zero attached hydrogens (tertiary/aromatic N) is 1. The summed E-state index contributed by atoms with van der Waals surface area (Å²) in [5.41, 5.74) is -0.0135. The van der Waals surface area contributed by atoms with Gasteiger partial charge in [0.25, 0.3) is 0 Å². The van der Waals surface area contributed by atoms with Gasteiger partial charge in [-0.15, -0.1) is 0 Å². The molecular weight excluding hydrogens is 270 g/mol. The van der Waals surface area contributed by atoms with E-state index in [0.717, 1.165) is 10.9 Å². The lowest BCUT2D eigenvalue weighted by atomic mass is 9.65. The van der Waals surface area contributed by atoms with Crippen molar-refractivity contribution in [3.05, 3.63) is 22.7 Å². The van der Waals surface area contributed by atoms with Crippen LogP contribution in [0.3, 0.4) is 0 Å². The zero-order valence-electron chi connectivity index (χ0n) is 9.11. The monoisotopic (exact) mass is 283 g/mol. The third kappa shape index (κ3) is 1.86. The number of allylic oxidation sites excluding steroid dienone is 3. The average Bonchev–Trinajstić information content (AvgIpc) is 2.25. The summed E-state index contributed by atoms with van der Waals surface area (Å²) < 4.78 is 0.957. The maximum absolute atomic E-state index is 11.4. The van der Waals surface area contributed by atoms with Crippen LogP contribution in [0.1, 0.15) is 26.2 Å². The van der Waals surface area contributed by atoms with Crippen LogP contribution < -0.4 is 0 Å². The van der Waals surface area contributed by atoms with Crippen molar-refractivity contribution in [2.24, 2.45) is 10.4 Å². The highest BCUT2D eigenvalue weighted by Gasteiger charge is 2.48. The molecule has 2 rings (SSSR count). The van der Waals surface area contributed by atoms with E-state index in [1.165, 1.54) is 0 Å². The fraction of sp³-hybridized carbons (Fsp3) is 0.500. The molecule has 1 unspecified atom stereocenters. The molecule has 0 bridgehead atoms. The number of carboxylic acid groups (broad SMARTS) is 1. The predicted octanol–water partition coefficient (Wildman–Crippen LogP) is 2.92. The molecule has 1 N–H and O–H groups in total. The number of aliphatic carboxylic acids is 1. The molecule has 3 nitrogen and oxygen atoms in total. The minimum atomic E-state index is -0.743. The molecule has 16 heavy (non-hydrogen) atoms. The standard InChI is InChI=1S/C12H14BrNO2/c1-8-7-9(13)3-4-10(14-8)12(11(15)16)5-2-6-12/h3-4,7-8H,2,5-6H2,1H3,(H,15,16). The summed E-state index contributed by atoms with van der Waals surface area (Å²) in [5, 5.41) is 9.34. The summed E-state index contributed by atoms with van der Waals surface area (Å²) >= 11 is 3.40. The number of aliphatic imine (C=N–C) groups is 1. The predicted molar refractivity (Wildman–Crippen MR) is 67.0 cm³/mol. The highest BCUT2D eigenvalue weighted by atomic mass is 79.9. The van der Waals surface area contributed by atoms with Crippen LogP contribution in [-0.2, 0) is 4.79 Å². The van der Waals surface area contributed by atoms with Crippen molar-refractivity contribution in [3.8, 4) is 0 Å². The van der Waals surface area contributed by atoms with Crippen LogP contribution in [-0.4, -0.2) is 22.8 Å². The molecule has 1 aliphatic carbocycles. The normalized spacial score (nSPS) is 27.5. The van der Waals surface area contributed by atoms with Crippen LogP contribution in [0.4, 0.5) is 0 Å². The Morgan fingerprint density at radius 2 is 2.25 bits per heavy atom. The fourth-order valence-corrected chi connectivity index (χ4v) is 2.65. The second-order valence-corrected chi connectivity index (χ2v) is 5.30. The average molecular weight is 284 g/mol. The van der Waals surface area contributed by atoms with Crippen molar-refractivity contribution in [2.75, 3.05) is 0 Å². The number of hydrogen-bond acceptors (Lipinski definition) is 2. The number of carbonyl (C=O) groups is 1. The zero-order valence-corrected chi connectivity index (χ0v) is 10.7. The molecule has 86 valence electrons. The van der Waals surface area contributed by atoms with E-state index in [1.54, 1.807) is 0 Å². The summed E-state index contributed by atoms with van der Waals surface area (Å²) in [7, 11) is 0. The summed E-state index contributed by atoms with van der Waals surface area (Å²) in [6.07, 6.45) is 8.06. The van der Waals surface area contributed by atoms with Crippen molar-refractivity contribution in [3.63, 3.8) is 0 Å². The van der Waals surface area contributed by atoms with Crippen molar-refractivity contribution in [1.29, 1.82) is 0 Å². The van der Waals surface area contributed by atoms with Crippen molar-refractivity contribution in [2.45, 2.75) is 32.2 Å². The van der Waals surface area contributed by atoms with Crippen molar-refractivity contribution < 1.29 is 9.90 Å². The molecule has 1 atom stereocenters. The molecule has 0 saturated heterocycles. The van der Waals surface area contributed by atoms with Crippen molar-refractivity contribution >= 4 is 27.6 Å². The second-order valence-electron chi connectivity index (χ2n) is 4.38. The highest BCUT2D eigenvalue weighted by Crippen LogP contribution is 2.43. The lowest BCUT2D eigenvalue weighted by Crippen LogP contribution is -2.44. The van der Waals surface area contributed by atoms with Gasteiger partial charge < -0.3 is 5.11 Å². The van der Waals surface area contributed by atoms with Gasteiger partial charge in [0.2, 0.25) is 0 Å². The Kier molecular flexibility index (Phi) is 3.02. The Bertz CT molecular complexity index is 405. The molecule has 0 aromatic carbocycles. The number of halogens is 1. The van der Waals surface area contributed by atoms with Gasteiger partial charge in [0.05, 0.1) is 11.8 Å². The Balaban J connectivity index is 2.34. The number of rotatable bonds is 2. The highest BCUT2D eigenvalue weighted by molar-refractivity contribution is 9.11. The third-order valence-electron chi connectivity index (χ3n) is 3.25. The first-order valence-corrected chi connectivity index (χ1v) is 6.21. The minimum Gasteiger partial charge on any atom is -0.481 e. The van der Waals surface area contributed by atoms with Crippen molar-refractivity contribution in [1.82, 2.24) is 0 Å². The maximum atomic E-state index is 11.4. The number of hydrogen-bond donors (Lipinski definition) is 1. The molecule has 4 heteroatoms. The largest absolute Gasteiger partial charge is 0.481 e. The Labute approximate surface area is 103 Å². The van der Waals surface area contributed by atoms with Gasteiger partial charge in [-0.25, -0.2) is 0 Å². The van der Waals surface area contributed by atoms with Gasteiger partial charge in [0.1, 0.15) is 5.41 Å². The first kappa shape index (κ1) is 11.6. The quantitative estimate of drug-likeness (QED) is 0.847. The Hall–Kier alpha value is -0.900. The lowest BCUT2D eigenvalue weighted by molar-refractivity contribution is -0.148. The van der Waals surface area contributed by atoms with E-state index >= 15 is 0 Å². The topological polar surface area (TPSA) is 49.7 Å². The van der Waals surface area contributed by atoms with Gasteiger partial charge in [0.15, 0.2) is 0 Å². The molecule has 1 saturated carbocycles. The zero-order chi connectivity index (χ0) is 11.8. The first-order valence-electron chi connectivity index (χ1n) is 5.42. The molecule has 0 aromatic heterocycles.